The number of methoxy groups -OCH3 is 1. The standard InChI is InChI=1S/C21H21N3O7S/c1-3-31-21(27)23-10-9-15-16(12-23)32-19(18(15)20(26)30-2)22-17(25)8-7-13-5-4-6-14(11-13)24(28)29/h4-8,11H,3,9-10,12H2,1-2H3,(H,22,25). The normalized spacial score (nSPS) is 12.9. The highest BCUT2D eigenvalue weighted by atomic mass is 32.1. The lowest BCUT2D eigenvalue weighted by Crippen LogP contribution is -2.36. The lowest BCUT2D eigenvalue weighted by atomic mass is 10.0. The Labute approximate surface area is 187 Å². The molecule has 0 unspecified atom stereocenters. The zero-order valence-electron chi connectivity index (χ0n) is 17.5. The van der Waals surface area contributed by atoms with Crippen LogP contribution in [0.2, 0.25) is 0 Å². The number of esters is 1. The van der Waals surface area contributed by atoms with E-state index in [1.165, 1.54) is 53.7 Å². The average Bonchev–Trinajstić information content (AvgIpc) is 3.14. The fourth-order valence-corrected chi connectivity index (χ4v) is 4.50. The molecular formula is C21H21N3O7S. The van der Waals surface area contributed by atoms with Crippen molar-refractivity contribution in [3.05, 3.63) is 62.0 Å². The third kappa shape index (κ3) is 5.11. The summed E-state index contributed by atoms with van der Waals surface area (Å²) in [5.74, 6) is -1.09. The SMILES string of the molecule is CCOC(=O)N1CCc2c(sc(NC(=O)C=Cc3cccc([N+](=O)[O-])c3)c2C(=O)OC)C1. The lowest BCUT2D eigenvalue weighted by molar-refractivity contribution is -0.384. The molecule has 1 aromatic carbocycles. The molecule has 2 amide bonds. The third-order valence-electron chi connectivity index (χ3n) is 4.72. The highest BCUT2D eigenvalue weighted by molar-refractivity contribution is 7.17. The first-order valence-corrected chi connectivity index (χ1v) is 10.5. The molecule has 1 aliphatic heterocycles. The number of benzene rings is 1. The third-order valence-corrected chi connectivity index (χ3v) is 5.85. The molecule has 0 saturated carbocycles. The maximum atomic E-state index is 12.5. The number of carbonyl (C=O) groups excluding carboxylic acids is 3. The number of non-ortho nitro benzene ring substituents is 1. The second-order valence-corrected chi connectivity index (χ2v) is 7.85. The Morgan fingerprint density at radius 1 is 1.34 bits per heavy atom. The number of hydrogen-bond acceptors (Lipinski definition) is 8. The molecular weight excluding hydrogens is 438 g/mol. The number of fused-ring (bicyclic) bond motifs is 1. The lowest BCUT2D eigenvalue weighted by Gasteiger charge is -2.26. The van der Waals surface area contributed by atoms with Crippen molar-refractivity contribution in [1.29, 1.82) is 0 Å². The molecule has 32 heavy (non-hydrogen) atoms. The van der Waals surface area contributed by atoms with Gasteiger partial charge in [0.25, 0.3) is 5.69 Å². The quantitative estimate of drug-likeness (QED) is 0.302. The minimum atomic E-state index is -0.579. The molecule has 3 rings (SSSR count). The van der Waals surface area contributed by atoms with Crippen LogP contribution in [0.25, 0.3) is 6.08 Å². The highest BCUT2D eigenvalue weighted by Gasteiger charge is 2.31. The largest absolute Gasteiger partial charge is 0.465 e. The van der Waals surface area contributed by atoms with E-state index in [-0.39, 0.29) is 24.4 Å². The number of nitrogens with zero attached hydrogens (tertiary/aromatic N) is 2. The number of nitro benzene ring substituents is 1. The van der Waals surface area contributed by atoms with Crippen molar-refractivity contribution in [1.82, 2.24) is 4.90 Å². The number of nitrogens with one attached hydrogen (secondary N) is 1. The number of carbonyl (C=O) groups is 3. The van der Waals surface area contributed by atoms with Gasteiger partial charge in [-0.2, -0.15) is 0 Å². The predicted molar refractivity (Wildman–Crippen MR) is 118 cm³/mol. The monoisotopic (exact) mass is 459 g/mol. The summed E-state index contributed by atoms with van der Waals surface area (Å²) in [6.45, 7) is 2.63. The highest BCUT2D eigenvalue weighted by Crippen LogP contribution is 2.37. The van der Waals surface area contributed by atoms with Crippen LogP contribution >= 0.6 is 11.3 Å². The van der Waals surface area contributed by atoms with Gasteiger partial charge in [0.1, 0.15) is 5.00 Å². The zero-order valence-corrected chi connectivity index (χ0v) is 18.3. The maximum absolute atomic E-state index is 12.5. The van der Waals surface area contributed by atoms with E-state index in [0.717, 1.165) is 10.4 Å². The van der Waals surface area contributed by atoms with E-state index < -0.39 is 22.9 Å². The molecule has 0 radical (unpaired) electrons. The van der Waals surface area contributed by atoms with E-state index in [9.17, 15) is 24.5 Å². The summed E-state index contributed by atoms with van der Waals surface area (Å²) in [4.78, 5) is 49.6. The first-order valence-electron chi connectivity index (χ1n) is 9.72. The molecule has 0 aliphatic carbocycles. The van der Waals surface area contributed by atoms with E-state index in [1.807, 2.05) is 0 Å². The van der Waals surface area contributed by atoms with Crippen molar-refractivity contribution < 1.29 is 28.8 Å². The average molecular weight is 459 g/mol. The molecule has 168 valence electrons. The van der Waals surface area contributed by atoms with Gasteiger partial charge in [-0.3, -0.25) is 14.9 Å². The molecule has 0 atom stereocenters. The number of amides is 2. The number of anilines is 1. The van der Waals surface area contributed by atoms with E-state index in [0.29, 0.717) is 23.5 Å². The van der Waals surface area contributed by atoms with Crippen LogP contribution in [0.3, 0.4) is 0 Å². The Bertz CT molecular complexity index is 1090. The van der Waals surface area contributed by atoms with Gasteiger partial charge >= 0.3 is 12.1 Å². The first kappa shape index (κ1) is 22.9. The second kappa shape index (κ2) is 10.1. The van der Waals surface area contributed by atoms with E-state index in [2.05, 4.69) is 5.32 Å². The van der Waals surface area contributed by atoms with E-state index in [1.54, 1.807) is 13.0 Å². The Morgan fingerprint density at radius 2 is 2.12 bits per heavy atom. The van der Waals surface area contributed by atoms with Crippen molar-refractivity contribution >= 4 is 46.1 Å². The van der Waals surface area contributed by atoms with Crippen molar-refractivity contribution in [2.24, 2.45) is 0 Å². The van der Waals surface area contributed by atoms with Crippen molar-refractivity contribution in [3.63, 3.8) is 0 Å². The van der Waals surface area contributed by atoms with Crippen LogP contribution in [0, 0.1) is 10.1 Å². The molecule has 11 heteroatoms. The van der Waals surface area contributed by atoms with Gasteiger partial charge in [0.15, 0.2) is 0 Å². The number of thiophene rings is 1. The number of ether oxygens (including phenoxy) is 2. The van der Waals surface area contributed by atoms with Gasteiger partial charge in [-0.25, -0.2) is 9.59 Å². The van der Waals surface area contributed by atoms with Crippen LogP contribution in [-0.4, -0.2) is 48.1 Å². The summed E-state index contributed by atoms with van der Waals surface area (Å²) < 4.78 is 9.93. The number of hydrogen-bond donors (Lipinski definition) is 1. The molecule has 2 heterocycles. The molecule has 0 fully saturated rings. The topological polar surface area (TPSA) is 128 Å². The summed E-state index contributed by atoms with van der Waals surface area (Å²) in [5, 5.41) is 13.9. The smallest absolute Gasteiger partial charge is 0.410 e. The molecule has 1 aromatic heterocycles. The van der Waals surface area contributed by atoms with Gasteiger partial charge in [-0.1, -0.05) is 12.1 Å². The first-order chi connectivity index (χ1) is 15.3. The molecule has 10 nitrogen and oxygen atoms in total. The van der Waals surface area contributed by atoms with Gasteiger partial charge in [0.05, 0.1) is 30.7 Å². The van der Waals surface area contributed by atoms with E-state index >= 15 is 0 Å². The van der Waals surface area contributed by atoms with Crippen LogP contribution in [-0.2, 0) is 27.2 Å². The summed E-state index contributed by atoms with van der Waals surface area (Å²) in [6.07, 6.45) is 2.66. The van der Waals surface area contributed by atoms with Gasteiger partial charge in [0.2, 0.25) is 5.91 Å². The van der Waals surface area contributed by atoms with Crippen LogP contribution in [0.15, 0.2) is 30.3 Å². The van der Waals surface area contributed by atoms with E-state index in [4.69, 9.17) is 9.47 Å². The van der Waals surface area contributed by atoms with Gasteiger partial charge in [0, 0.05) is 29.6 Å². The fourth-order valence-electron chi connectivity index (χ4n) is 3.25. The summed E-state index contributed by atoms with van der Waals surface area (Å²) in [5.41, 5.74) is 1.41. The molecule has 1 aliphatic rings. The van der Waals surface area contributed by atoms with Crippen LogP contribution in [0.4, 0.5) is 15.5 Å². The molecule has 0 bridgehead atoms. The fraction of sp³-hybridized carbons (Fsp3) is 0.286. The minimum absolute atomic E-state index is 0.0855. The molecule has 0 spiro atoms. The van der Waals surface area contributed by atoms with Crippen molar-refractivity contribution in [3.8, 4) is 0 Å². The Kier molecular flexibility index (Phi) is 7.21. The van der Waals surface area contributed by atoms with Crippen molar-refractivity contribution in [2.45, 2.75) is 19.9 Å². The second-order valence-electron chi connectivity index (χ2n) is 6.74. The minimum Gasteiger partial charge on any atom is -0.465 e. The zero-order chi connectivity index (χ0) is 23.3. The summed E-state index contributed by atoms with van der Waals surface area (Å²) in [7, 11) is 1.26. The van der Waals surface area contributed by atoms with Gasteiger partial charge in [-0.15, -0.1) is 11.3 Å². The Balaban J connectivity index is 1.81. The number of nitro groups is 1. The Morgan fingerprint density at radius 3 is 2.81 bits per heavy atom. The van der Waals surface area contributed by atoms with Crippen LogP contribution in [0.1, 0.15) is 33.3 Å². The summed E-state index contributed by atoms with van der Waals surface area (Å²) >= 11 is 1.20. The Hall–Kier alpha value is -3.73. The molecule has 1 N–H and O–H groups in total. The van der Waals surface area contributed by atoms with Crippen LogP contribution in [0.5, 0.6) is 0 Å². The maximum Gasteiger partial charge on any atom is 0.410 e. The predicted octanol–water partition coefficient (Wildman–Crippen LogP) is 3.61. The van der Waals surface area contributed by atoms with Crippen LogP contribution < -0.4 is 5.32 Å². The molecule has 2 aromatic rings. The van der Waals surface area contributed by atoms with Crippen molar-refractivity contribution in [2.75, 3.05) is 25.6 Å². The number of rotatable bonds is 6. The summed E-state index contributed by atoms with van der Waals surface area (Å²) in [6, 6.07) is 5.85. The molecule has 0 saturated heterocycles. The van der Waals surface area contributed by atoms with Gasteiger partial charge < -0.3 is 19.7 Å². The van der Waals surface area contributed by atoms with Gasteiger partial charge in [-0.05, 0) is 30.5 Å².